The Balaban J connectivity index is 2.39. The molecule has 0 aliphatic carbocycles. The fraction of sp³-hybridized carbons (Fsp3) is 0.133. The van der Waals surface area contributed by atoms with E-state index >= 15 is 0 Å². The number of amidine groups is 1. The second kappa shape index (κ2) is 5.45. The van der Waals surface area contributed by atoms with Crippen LogP contribution in [-0.2, 0) is 0 Å². The Labute approximate surface area is 121 Å². The molecule has 0 aliphatic rings. The maximum absolute atomic E-state index is 7.58. The van der Waals surface area contributed by atoms with Crippen LogP contribution in [0.25, 0.3) is 0 Å². The predicted octanol–water partition coefficient (Wildman–Crippen LogP) is 4.14. The van der Waals surface area contributed by atoms with E-state index < -0.39 is 0 Å². The van der Waals surface area contributed by atoms with Crippen LogP contribution < -0.4 is 10.5 Å². The number of nitrogens with two attached hydrogens (primary N) is 1. The quantitative estimate of drug-likeness (QED) is 0.660. The van der Waals surface area contributed by atoms with Crippen molar-refractivity contribution in [2.75, 3.05) is 0 Å². The first-order valence-electron chi connectivity index (χ1n) is 5.86. The number of hydrogen-bond acceptors (Lipinski definition) is 2. The first-order chi connectivity index (χ1) is 8.97. The number of rotatable bonds is 3. The topological polar surface area (TPSA) is 59.1 Å². The van der Waals surface area contributed by atoms with E-state index in [0.717, 1.165) is 21.3 Å². The van der Waals surface area contributed by atoms with Crippen molar-refractivity contribution in [3.8, 4) is 11.5 Å². The van der Waals surface area contributed by atoms with Crippen molar-refractivity contribution in [2.24, 2.45) is 5.73 Å². The molecule has 0 saturated carbocycles. The van der Waals surface area contributed by atoms with Crippen molar-refractivity contribution in [2.45, 2.75) is 13.8 Å². The van der Waals surface area contributed by atoms with Crippen molar-refractivity contribution in [3.05, 3.63) is 57.6 Å². The average Bonchev–Trinajstić information content (AvgIpc) is 2.33. The fourth-order valence-corrected chi connectivity index (χ4v) is 1.99. The summed E-state index contributed by atoms with van der Waals surface area (Å²) in [7, 11) is 0. The maximum Gasteiger partial charge on any atom is 0.138 e. The molecule has 0 heterocycles. The van der Waals surface area contributed by atoms with Crippen molar-refractivity contribution in [1.82, 2.24) is 0 Å². The van der Waals surface area contributed by atoms with Crippen LogP contribution in [0, 0.1) is 19.3 Å². The van der Waals surface area contributed by atoms with Crippen LogP contribution in [0.4, 0.5) is 0 Å². The molecule has 2 aromatic rings. The molecular weight excluding hydrogens is 304 g/mol. The summed E-state index contributed by atoms with van der Waals surface area (Å²) in [6, 6.07) is 11.4. The lowest BCUT2D eigenvalue weighted by Gasteiger charge is -2.12. The lowest BCUT2D eigenvalue weighted by molar-refractivity contribution is 0.480. The molecule has 0 atom stereocenters. The van der Waals surface area contributed by atoms with Gasteiger partial charge in [-0.25, -0.2) is 0 Å². The molecule has 2 rings (SSSR count). The third kappa shape index (κ3) is 3.15. The van der Waals surface area contributed by atoms with Gasteiger partial charge in [-0.1, -0.05) is 22.0 Å². The van der Waals surface area contributed by atoms with Crippen LogP contribution >= 0.6 is 15.9 Å². The summed E-state index contributed by atoms with van der Waals surface area (Å²) in [6.45, 7) is 3.97. The Morgan fingerprint density at radius 2 is 1.89 bits per heavy atom. The minimum atomic E-state index is 0.00355. The number of aryl methyl sites for hydroxylation is 2. The van der Waals surface area contributed by atoms with E-state index in [1.54, 1.807) is 6.07 Å². The van der Waals surface area contributed by atoms with E-state index in [9.17, 15) is 0 Å². The molecule has 0 spiro atoms. The fourth-order valence-electron chi connectivity index (χ4n) is 1.74. The standard InChI is InChI=1S/C15H15BrN2O/c1-9-3-5-12(15(17)18)14(7-9)19-11-4-6-13(16)10(2)8-11/h3-8H,1-2H3,(H3,17,18). The van der Waals surface area contributed by atoms with Gasteiger partial charge in [0.05, 0.1) is 5.56 Å². The van der Waals surface area contributed by atoms with E-state index in [2.05, 4.69) is 15.9 Å². The van der Waals surface area contributed by atoms with Crippen LogP contribution in [0.5, 0.6) is 11.5 Å². The number of ether oxygens (including phenoxy) is 1. The van der Waals surface area contributed by atoms with Crippen LogP contribution in [0.3, 0.4) is 0 Å². The zero-order chi connectivity index (χ0) is 14.0. The third-order valence-electron chi connectivity index (χ3n) is 2.78. The minimum absolute atomic E-state index is 0.00355. The van der Waals surface area contributed by atoms with Crippen molar-refractivity contribution >= 4 is 21.8 Å². The Bertz CT molecular complexity index is 638. The van der Waals surface area contributed by atoms with Crippen LogP contribution in [0.15, 0.2) is 40.9 Å². The van der Waals surface area contributed by atoms with Crippen LogP contribution in [0.2, 0.25) is 0 Å². The summed E-state index contributed by atoms with van der Waals surface area (Å²) in [5.74, 6) is 1.34. The van der Waals surface area contributed by atoms with E-state index in [4.69, 9.17) is 15.9 Å². The van der Waals surface area contributed by atoms with Gasteiger partial charge in [0.15, 0.2) is 0 Å². The van der Waals surface area contributed by atoms with Crippen molar-refractivity contribution in [3.63, 3.8) is 0 Å². The third-order valence-corrected chi connectivity index (χ3v) is 3.67. The molecule has 19 heavy (non-hydrogen) atoms. The molecule has 0 unspecified atom stereocenters. The molecule has 0 aliphatic heterocycles. The molecule has 3 nitrogen and oxygen atoms in total. The smallest absolute Gasteiger partial charge is 0.138 e. The number of nitrogen functional groups attached to an aromatic ring is 1. The van der Waals surface area contributed by atoms with Gasteiger partial charge in [0.2, 0.25) is 0 Å². The molecular formula is C15H15BrN2O. The van der Waals surface area contributed by atoms with E-state index in [-0.39, 0.29) is 5.84 Å². The van der Waals surface area contributed by atoms with Gasteiger partial charge in [0.25, 0.3) is 0 Å². The monoisotopic (exact) mass is 318 g/mol. The van der Waals surface area contributed by atoms with E-state index in [1.807, 2.05) is 44.2 Å². The van der Waals surface area contributed by atoms with E-state index in [0.29, 0.717) is 11.3 Å². The summed E-state index contributed by atoms with van der Waals surface area (Å²) >= 11 is 3.45. The highest BCUT2D eigenvalue weighted by Crippen LogP contribution is 2.29. The number of halogens is 1. The van der Waals surface area contributed by atoms with Gasteiger partial charge in [-0.3, -0.25) is 5.41 Å². The first-order valence-corrected chi connectivity index (χ1v) is 6.65. The Morgan fingerprint density at radius 1 is 1.16 bits per heavy atom. The van der Waals surface area contributed by atoms with Gasteiger partial charge in [0, 0.05) is 4.47 Å². The van der Waals surface area contributed by atoms with Crippen LogP contribution in [0.1, 0.15) is 16.7 Å². The van der Waals surface area contributed by atoms with Gasteiger partial charge >= 0.3 is 0 Å². The van der Waals surface area contributed by atoms with Crippen molar-refractivity contribution in [1.29, 1.82) is 5.41 Å². The molecule has 0 radical (unpaired) electrons. The molecule has 3 N–H and O–H groups in total. The number of nitrogens with one attached hydrogen (secondary N) is 1. The summed E-state index contributed by atoms with van der Waals surface area (Å²) in [6.07, 6.45) is 0. The lowest BCUT2D eigenvalue weighted by Crippen LogP contribution is -2.12. The highest BCUT2D eigenvalue weighted by Gasteiger charge is 2.08. The SMILES string of the molecule is Cc1ccc(C(=N)N)c(Oc2ccc(Br)c(C)c2)c1. The van der Waals surface area contributed by atoms with E-state index in [1.165, 1.54) is 0 Å². The van der Waals surface area contributed by atoms with Crippen molar-refractivity contribution < 1.29 is 4.74 Å². The predicted molar refractivity (Wildman–Crippen MR) is 81.1 cm³/mol. The lowest BCUT2D eigenvalue weighted by atomic mass is 10.1. The molecule has 4 heteroatoms. The second-order valence-electron chi connectivity index (χ2n) is 4.43. The van der Waals surface area contributed by atoms with Gasteiger partial charge in [-0.15, -0.1) is 0 Å². The summed E-state index contributed by atoms with van der Waals surface area (Å²) in [4.78, 5) is 0. The minimum Gasteiger partial charge on any atom is -0.457 e. The highest BCUT2D eigenvalue weighted by molar-refractivity contribution is 9.10. The van der Waals surface area contributed by atoms with Gasteiger partial charge < -0.3 is 10.5 Å². The molecule has 2 aromatic carbocycles. The zero-order valence-corrected chi connectivity index (χ0v) is 12.4. The average molecular weight is 319 g/mol. The molecule has 0 fully saturated rings. The number of hydrogen-bond donors (Lipinski definition) is 2. The highest BCUT2D eigenvalue weighted by atomic mass is 79.9. The van der Waals surface area contributed by atoms with Gasteiger partial charge in [0.1, 0.15) is 17.3 Å². The normalized spacial score (nSPS) is 10.3. The van der Waals surface area contributed by atoms with Gasteiger partial charge in [-0.05, 0) is 55.3 Å². The van der Waals surface area contributed by atoms with Crippen LogP contribution in [-0.4, -0.2) is 5.84 Å². The Kier molecular flexibility index (Phi) is 3.90. The molecule has 98 valence electrons. The summed E-state index contributed by atoms with van der Waals surface area (Å²) in [5, 5.41) is 7.58. The number of benzene rings is 2. The first kappa shape index (κ1) is 13.6. The Hall–Kier alpha value is -1.81. The van der Waals surface area contributed by atoms with Gasteiger partial charge in [-0.2, -0.15) is 0 Å². The largest absolute Gasteiger partial charge is 0.457 e. The second-order valence-corrected chi connectivity index (χ2v) is 5.28. The summed E-state index contributed by atoms with van der Waals surface area (Å²) < 4.78 is 6.88. The maximum atomic E-state index is 7.58. The zero-order valence-electron chi connectivity index (χ0n) is 10.8. The Morgan fingerprint density at radius 3 is 2.53 bits per heavy atom. The molecule has 0 aromatic heterocycles. The molecule has 0 bridgehead atoms. The summed E-state index contributed by atoms with van der Waals surface area (Å²) in [5.41, 5.74) is 8.33. The molecule has 0 saturated heterocycles. The molecule has 0 amide bonds.